The van der Waals surface area contributed by atoms with E-state index in [-0.39, 0.29) is 24.2 Å². The van der Waals surface area contributed by atoms with E-state index in [0.29, 0.717) is 31.5 Å². The number of carbonyl (C=O) groups is 2. The lowest BCUT2D eigenvalue weighted by molar-refractivity contribution is -0.135. The minimum absolute atomic E-state index is 0.0715. The van der Waals surface area contributed by atoms with Gasteiger partial charge in [-0.25, -0.2) is 4.39 Å². The molecule has 2 heterocycles. The van der Waals surface area contributed by atoms with Gasteiger partial charge in [-0.2, -0.15) is 5.10 Å². The summed E-state index contributed by atoms with van der Waals surface area (Å²) in [7, 11) is 0. The molecule has 0 spiro atoms. The number of hydrogen-bond acceptors (Lipinski definition) is 3. The lowest BCUT2D eigenvalue weighted by Crippen LogP contribution is -2.44. The van der Waals surface area contributed by atoms with Gasteiger partial charge < -0.3 is 10.2 Å². The van der Waals surface area contributed by atoms with Gasteiger partial charge in [0.2, 0.25) is 11.8 Å². The molecule has 1 fully saturated rings. The van der Waals surface area contributed by atoms with Crippen LogP contribution in [0.3, 0.4) is 0 Å². The van der Waals surface area contributed by atoms with E-state index in [1.54, 1.807) is 17.0 Å². The molecule has 2 aromatic carbocycles. The van der Waals surface area contributed by atoms with Crippen LogP contribution in [0.25, 0.3) is 10.9 Å². The molecule has 0 saturated carbocycles. The van der Waals surface area contributed by atoms with Crippen molar-refractivity contribution in [2.45, 2.75) is 45.3 Å². The second-order valence-corrected chi connectivity index (χ2v) is 7.73. The van der Waals surface area contributed by atoms with Crippen LogP contribution in [0.15, 0.2) is 48.7 Å². The van der Waals surface area contributed by atoms with Crippen molar-refractivity contribution in [3.05, 3.63) is 65.6 Å². The molecule has 1 N–H and O–H groups in total. The Morgan fingerprint density at radius 3 is 2.93 bits per heavy atom. The number of amides is 2. The predicted octanol–water partition coefficient (Wildman–Crippen LogP) is 3.18. The van der Waals surface area contributed by atoms with E-state index in [9.17, 15) is 14.0 Å². The third-order valence-electron chi connectivity index (χ3n) is 5.62. The molecule has 1 aliphatic heterocycles. The monoisotopic (exact) mass is 408 g/mol. The van der Waals surface area contributed by atoms with E-state index in [1.165, 1.54) is 17.7 Å². The van der Waals surface area contributed by atoms with Crippen molar-refractivity contribution < 1.29 is 14.0 Å². The van der Waals surface area contributed by atoms with E-state index in [1.807, 2.05) is 23.0 Å². The van der Waals surface area contributed by atoms with Gasteiger partial charge in [0.1, 0.15) is 11.9 Å². The normalized spacial score (nSPS) is 16.4. The number of fused-ring (bicyclic) bond motifs is 1. The first-order valence-corrected chi connectivity index (χ1v) is 10.3. The number of likely N-dealkylation sites (tertiary alicyclic amines) is 1. The van der Waals surface area contributed by atoms with Crippen molar-refractivity contribution in [3.8, 4) is 0 Å². The number of benzene rings is 2. The van der Waals surface area contributed by atoms with Gasteiger partial charge in [-0.3, -0.25) is 14.3 Å². The van der Waals surface area contributed by atoms with Crippen molar-refractivity contribution in [2.24, 2.45) is 0 Å². The Hall–Kier alpha value is -3.22. The summed E-state index contributed by atoms with van der Waals surface area (Å²) in [5.74, 6) is -0.572. The highest BCUT2D eigenvalue weighted by molar-refractivity contribution is 5.90. The summed E-state index contributed by atoms with van der Waals surface area (Å²) in [5, 5.41) is 8.53. The molecule has 3 aromatic rings. The number of aryl methyl sites for hydroxylation is 2. The summed E-state index contributed by atoms with van der Waals surface area (Å²) in [4.78, 5) is 26.5. The third-order valence-corrected chi connectivity index (χ3v) is 5.62. The van der Waals surface area contributed by atoms with E-state index in [0.717, 1.165) is 17.3 Å². The number of nitrogens with one attached hydrogen (secondary N) is 1. The van der Waals surface area contributed by atoms with Gasteiger partial charge in [0.25, 0.3) is 0 Å². The Morgan fingerprint density at radius 2 is 2.10 bits per heavy atom. The average molecular weight is 408 g/mol. The molecule has 1 atom stereocenters. The molecule has 30 heavy (non-hydrogen) atoms. The number of nitrogens with zero attached hydrogens (tertiary/aromatic N) is 3. The van der Waals surface area contributed by atoms with Crippen molar-refractivity contribution in [2.75, 3.05) is 6.54 Å². The molecule has 1 saturated heterocycles. The predicted molar refractivity (Wildman–Crippen MR) is 112 cm³/mol. The topological polar surface area (TPSA) is 67.2 Å². The number of hydrogen-bond donors (Lipinski definition) is 1. The van der Waals surface area contributed by atoms with Crippen LogP contribution >= 0.6 is 0 Å². The maximum absolute atomic E-state index is 13.4. The van der Waals surface area contributed by atoms with Crippen molar-refractivity contribution >= 4 is 22.7 Å². The van der Waals surface area contributed by atoms with Gasteiger partial charge in [-0.05, 0) is 49.1 Å². The zero-order valence-electron chi connectivity index (χ0n) is 17.0. The average Bonchev–Trinajstić information content (AvgIpc) is 3.30. The molecule has 0 radical (unpaired) electrons. The van der Waals surface area contributed by atoms with Gasteiger partial charge in [0.15, 0.2) is 0 Å². The van der Waals surface area contributed by atoms with Crippen LogP contribution in [0.2, 0.25) is 0 Å². The molecule has 2 amide bonds. The summed E-state index contributed by atoms with van der Waals surface area (Å²) >= 11 is 0. The van der Waals surface area contributed by atoms with Gasteiger partial charge >= 0.3 is 0 Å². The number of halogens is 1. The summed E-state index contributed by atoms with van der Waals surface area (Å²) in [6.07, 6.45) is 3.44. The number of rotatable bonds is 7. The minimum atomic E-state index is -0.506. The Morgan fingerprint density at radius 1 is 1.27 bits per heavy atom. The second-order valence-electron chi connectivity index (χ2n) is 7.73. The molecule has 1 unspecified atom stereocenters. The zero-order valence-corrected chi connectivity index (χ0v) is 17.0. The first-order chi connectivity index (χ1) is 14.5. The standard InChI is InChI=1S/C23H25FN4O2/c1-16-5-2-8-20-19(16)14-26-28(20)12-4-11-25-23(30)21-9-10-22(29)27(21)15-17-6-3-7-18(24)13-17/h2-3,5-8,13-14,21H,4,9-12,15H2,1H3,(H,25,30). The fourth-order valence-corrected chi connectivity index (χ4v) is 4.02. The Kier molecular flexibility index (Phi) is 5.79. The van der Waals surface area contributed by atoms with E-state index in [4.69, 9.17) is 0 Å². The molecule has 0 bridgehead atoms. The molecule has 156 valence electrons. The SMILES string of the molecule is Cc1cccc2c1cnn2CCCNC(=O)C1CCC(=O)N1Cc1cccc(F)c1. The van der Waals surface area contributed by atoms with E-state index in [2.05, 4.69) is 23.4 Å². The highest BCUT2D eigenvalue weighted by Crippen LogP contribution is 2.22. The molecule has 1 aromatic heterocycles. The molecule has 4 rings (SSSR count). The van der Waals surface area contributed by atoms with Crippen molar-refractivity contribution in [3.63, 3.8) is 0 Å². The maximum Gasteiger partial charge on any atom is 0.242 e. The lowest BCUT2D eigenvalue weighted by Gasteiger charge is -2.24. The molecule has 1 aliphatic rings. The number of carbonyl (C=O) groups excluding carboxylic acids is 2. The highest BCUT2D eigenvalue weighted by atomic mass is 19.1. The fraction of sp³-hybridized carbons (Fsp3) is 0.348. The van der Waals surface area contributed by atoms with Gasteiger partial charge in [0, 0.05) is 31.4 Å². The summed E-state index contributed by atoms with van der Waals surface area (Å²) in [6, 6.07) is 11.8. The van der Waals surface area contributed by atoms with Crippen molar-refractivity contribution in [1.82, 2.24) is 20.0 Å². The quantitative estimate of drug-likeness (QED) is 0.611. The van der Waals surface area contributed by atoms with Crippen LogP contribution in [0.4, 0.5) is 4.39 Å². The van der Waals surface area contributed by atoms with Gasteiger partial charge in [0.05, 0.1) is 11.7 Å². The summed E-state index contributed by atoms with van der Waals surface area (Å²) in [6.45, 7) is 3.51. The summed E-state index contributed by atoms with van der Waals surface area (Å²) in [5.41, 5.74) is 2.96. The lowest BCUT2D eigenvalue weighted by atomic mass is 10.1. The van der Waals surface area contributed by atoms with Crippen LogP contribution in [-0.4, -0.2) is 39.1 Å². The fourth-order valence-electron chi connectivity index (χ4n) is 4.02. The number of aromatic nitrogens is 2. The van der Waals surface area contributed by atoms with Crippen LogP contribution in [0.1, 0.15) is 30.4 Å². The second kappa shape index (κ2) is 8.65. The van der Waals surface area contributed by atoms with Crippen LogP contribution < -0.4 is 5.32 Å². The largest absolute Gasteiger partial charge is 0.354 e. The molecular formula is C23H25FN4O2. The van der Waals surface area contributed by atoms with Crippen LogP contribution in [-0.2, 0) is 22.7 Å². The molecule has 7 heteroatoms. The Balaban J connectivity index is 1.31. The van der Waals surface area contributed by atoms with Crippen LogP contribution in [0, 0.1) is 12.7 Å². The first-order valence-electron chi connectivity index (χ1n) is 10.3. The first kappa shape index (κ1) is 20.1. The zero-order chi connectivity index (χ0) is 21.1. The van der Waals surface area contributed by atoms with Gasteiger partial charge in [-0.15, -0.1) is 0 Å². The molecule has 6 nitrogen and oxygen atoms in total. The van der Waals surface area contributed by atoms with E-state index >= 15 is 0 Å². The molecule has 0 aliphatic carbocycles. The van der Waals surface area contributed by atoms with E-state index < -0.39 is 6.04 Å². The smallest absolute Gasteiger partial charge is 0.242 e. The van der Waals surface area contributed by atoms with Crippen molar-refractivity contribution in [1.29, 1.82) is 0 Å². The maximum atomic E-state index is 13.4. The third kappa shape index (κ3) is 4.20. The Labute approximate surface area is 174 Å². The summed E-state index contributed by atoms with van der Waals surface area (Å²) < 4.78 is 15.4. The minimum Gasteiger partial charge on any atom is -0.354 e. The molecular weight excluding hydrogens is 383 g/mol. The Bertz CT molecular complexity index is 1080. The van der Waals surface area contributed by atoms with Gasteiger partial charge in [-0.1, -0.05) is 24.3 Å². The van der Waals surface area contributed by atoms with Crippen LogP contribution in [0.5, 0.6) is 0 Å². The highest BCUT2D eigenvalue weighted by Gasteiger charge is 2.35.